The number of benzene rings is 2. The molecule has 0 saturated carbocycles. The topological polar surface area (TPSA) is 100 Å². The van der Waals surface area contributed by atoms with E-state index in [9.17, 15) is 14.0 Å². The van der Waals surface area contributed by atoms with Gasteiger partial charge in [0.2, 0.25) is 0 Å². The Kier molecular flexibility index (Phi) is 5.68. The third-order valence-corrected chi connectivity index (χ3v) is 6.66. The number of nitrogens with zero attached hydrogens (tertiary/aromatic N) is 6. The van der Waals surface area contributed by atoms with Crippen molar-refractivity contribution in [1.29, 1.82) is 0 Å². The molecule has 2 aromatic heterocycles. The standard InChI is InChI=1S/C25H26FN7O2/c1-14-23-29-27-15(2)33(23)22(31(3)4)13-32(14)25(35)19-11-16(9-10-20(19)26)12-21-17-7-5-6-8-18(17)24(34)30-28-21/h5-11,14,22H,12-13H2,1-4H3,(H,30,34). The van der Waals surface area contributed by atoms with Crippen molar-refractivity contribution in [3.8, 4) is 0 Å². The molecule has 0 radical (unpaired) electrons. The zero-order chi connectivity index (χ0) is 24.9. The molecule has 1 aliphatic heterocycles. The van der Waals surface area contributed by atoms with E-state index in [1.165, 1.54) is 6.07 Å². The second-order valence-corrected chi connectivity index (χ2v) is 9.09. The summed E-state index contributed by atoms with van der Waals surface area (Å²) < 4.78 is 17.0. The number of amides is 1. The molecule has 3 heterocycles. The van der Waals surface area contributed by atoms with Crippen LogP contribution in [0.2, 0.25) is 0 Å². The van der Waals surface area contributed by atoms with Gasteiger partial charge in [0.05, 0.1) is 29.2 Å². The second kappa shape index (κ2) is 8.70. The molecular weight excluding hydrogens is 449 g/mol. The van der Waals surface area contributed by atoms with Gasteiger partial charge in [-0.1, -0.05) is 24.3 Å². The van der Waals surface area contributed by atoms with Crippen molar-refractivity contribution in [3.05, 3.63) is 87.1 Å². The lowest BCUT2D eigenvalue weighted by molar-refractivity contribution is 0.0427. The first-order valence-corrected chi connectivity index (χ1v) is 11.4. The Morgan fingerprint density at radius 2 is 1.91 bits per heavy atom. The van der Waals surface area contributed by atoms with Crippen LogP contribution in [0.3, 0.4) is 0 Å². The lowest BCUT2D eigenvalue weighted by atomic mass is 10.0. The van der Waals surface area contributed by atoms with Crippen molar-refractivity contribution in [2.75, 3.05) is 20.6 Å². The lowest BCUT2D eigenvalue weighted by Gasteiger charge is -2.41. The molecule has 2 unspecified atom stereocenters. The molecule has 9 nitrogen and oxygen atoms in total. The van der Waals surface area contributed by atoms with Crippen molar-refractivity contribution >= 4 is 16.7 Å². The fourth-order valence-electron chi connectivity index (χ4n) is 4.75. The summed E-state index contributed by atoms with van der Waals surface area (Å²) >= 11 is 0. The number of aryl methyl sites for hydroxylation is 1. The van der Waals surface area contributed by atoms with Crippen LogP contribution in [0.5, 0.6) is 0 Å². The number of carbonyl (C=O) groups is 1. The van der Waals surface area contributed by atoms with Crippen LogP contribution in [0.25, 0.3) is 10.8 Å². The van der Waals surface area contributed by atoms with Crippen LogP contribution < -0.4 is 5.56 Å². The fraction of sp³-hybridized carbons (Fsp3) is 0.320. The van der Waals surface area contributed by atoms with E-state index >= 15 is 0 Å². The number of fused-ring (bicyclic) bond motifs is 2. The maximum atomic E-state index is 14.9. The quantitative estimate of drug-likeness (QED) is 0.487. The van der Waals surface area contributed by atoms with Gasteiger partial charge >= 0.3 is 0 Å². The summed E-state index contributed by atoms with van der Waals surface area (Å²) in [6.07, 6.45) is 0.171. The van der Waals surface area contributed by atoms with Gasteiger partial charge in [0, 0.05) is 11.8 Å². The van der Waals surface area contributed by atoms with E-state index in [1.807, 2.05) is 49.5 Å². The van der Waals surface area contributed by atoms with Gasteiger partial charge in [-0.05, 0) is 51.7 Å². The second-order valence-electron chi connectivity index (χ2n) is 9.09. The molecule has 0 saturated heterocycles. The number of aromatic nitrogens is 5. The first-order chi connectivity index (χ1) is 16.8. The Morgan fingerprint density at radius 1 is 1.17 bits per heavy atom. The molecule has 1 N–H and O–H groups in total. The molecule has 1 amide bonds. The number of H-pyrrole nitrogens is 1. The molecule has 0 bridgehead atoms. The van der Waals surface area contributed by atoms with Crippen molar-refractivity contribution < 1.29 is 9.18 Å². The average Bonchev–Trinajstić information content (AvgIpc) is 3.24. The Morgan fingerprint density at radius 3 is 2.66 bits per heavy atom. The van der Waals surface area contributed by atoms with Crippen LogP contribution in [0.4, 0.5) is 4.39 Å². The number of halogens is 1. The van der Waals surface area contributed by atoms with Gasteiger partial charge in [-0.3, -0.25) is 19.1 Å². The van der Waals surface area contributed by atoms with Gasteiger partial charge in [-0.15, -0.1) is 10.2 Å². The van der Waals surface area contributed by atoms with Crippen molar-refractivity contribution in [2.45, 2.75) is 32.5 Å². The van der Waals surface area contributed by atoms with Crippen LogP contribution >= 0.6 is 0 Å². The third-order valence-electron chi connectivity index (χ3n) is 6.66. The van der Waals surface area contributed by atoms with E-state index in [4.69, 9.17) is 0 Å². The zero-order valence-corrected chi connectivity index (χ0v) is 20.0. The number of hydrogen-bond donors (Lipinski definition) is 1. The highest BCUT2D eigenvalue weighted by Gasteiger charge is 2.38. The van der Waals surface area contributed by atoms with Gasteiger partial charge in [0.15, 0.2) is 5.82 Å². The van der Waals surface area contributed by atoms with Crippen LogP contribution in [-0.4, -0.2) is 61.3 Å². The predicted octanol–water partition coefficient (Wildman–Crippen LogP) is 2.83. The summed E-state index contributed by atoms with van der Waals surface area (Å²) in [4.78, 5) is 29.4. The van der Waals surface area contributed by atoms with E-state index in [2.05, 4.69) is 20.4 Å². The number of nitrogens with one attached hydrogen (secondary N) is 1. The minimum atomic E-state index is -0.588. The molecule has 10 heteroatoms. The molecule has 1 aliphatic rings. The lowest BCUT2D eigenvalue weighted by Crippen LogP contribution is -2.48. The van der Waals surface area contributed by atoms with Crippen molar-refractivity contribution in [1.82, 2.24) is 34.8 Å². The molecule has 2 atom stereocenters. The van der Waals surface area contributed by atoms with Gasteiger partial charge in [0.25, 0.3) is 11.5 Å². The highest BCUT2D eigenvalue weighted by atomic mass is 19.1. The zero-order valence-electron chi connectivity index (χ0n) is 20.0. The molecule has 0 spiro atoms. The fourth-order valence-corrected chi connectivity index (χ4v) is 4.75. The highest BCUT2D eigenvalue weighted by Crippen LogP contribution is 2.33. The normalized spacial score (nSPS) is 17.7. The van der Waals surface area contributed by atoms with Crippen molar-refractivity contribution in [3.63, 3.8) is 0 Å². The van der Waals surface area contributed by atoms with Gasteiger partial charge in [-0.2, -0.15) is 5.10 Å². The van der Waals surface area contributed by atoms with Crippen LogP contribution in [0.15, 0.2) is 47.3 Å². The van der Waals surface area contributed by atoms with E-state index in [0.29, 0.717) is 35.4 Å². The Labute approximate surface area is 201 Å². The summed E-state index contributed by atoms with van der Waals surface area (Å²) in [5.41, 5.74) is 1.09. The summed E-state index contributed by atoms with van der Waals surface area (Å²) in [7, 11) is 3.85. The molecule has 5 rings (SSSR count). The maximum Gasteiger partial charge on any atom is 0.272 e. The number of aromatic amines is 1. The van der Waals surface area contributed by atoms with Crippen molar-refractivity contribution in [2.24, 2.45) is 0 Å². The monoisotopic (exact) mass is 475 g/mol. The van der Waals surface area contributed by atoms with Crippen LogP contribution in [0.1, 0.15) is 52.4 Å². The number of hydrogen-bond acceptors (Lipinski definition) is 6. The predicted molar refractivity (Wildman–Crippen MR) is 129 cm³/mol. The number of likely N-dealkylation sites (N-methyl/N-ethyl adjacent to an activating group) is 1. The van der Waals surface area contributed by atoms with Gasteiger partial charge < -0.3 is 4.90 Å². The van der Waals surface area contributed by atoms with Crippen LogP contribution in [0, 0.1) is 12.7 Å². The number of carbonyl (C=O) groups excluding carboxylic acids is 1. The minimum Gasteiger partial charge on any atom is -0.325 e. The molecule has 0 fully saturated rings. The smallest absolute Gasteiger partial charge is 0.272 e. The summed E-state index contributed by atoms with van der Waals surface area (Å²) in [5.74, 6) is 0.442. The Bertz CT molecular complexity index is 1490. The maximum absolute atomic E-state index is 14.9. The van der Waals surface area contributed by atoms with Gasteiger partial charge in [-0.25, -0.2) is 9.49 Å². The highest BCUT2D eigenvalue weighted by molar-refractivity contribution is 5.95. The van der Waals surface area contributed by atoms with E-state index in [-0.39, 0.29) is 23.3 Å². The number of rotatable bonds is 4. The average molecular weight is 476 g/mol. The van der Waals surface area contributed by atoms with E-state index in [0.717, 1.165) is 11.2 Å². The third kappa shape index (κ3) is 3.89. The summed E-state index contributed by atoms with van der Waals surface area (Å²) in [5, 5.41) is 16.5. The molecule has 180 valence electrons. The molecule has 35 heavy (non-hydrogen) atoms. The first kappa shape index (κ1) is 22.9. The Balaban J connectivity index is 1.49. The molecule has 0 aliphatic carbocycles. The summed E-state index contributed by atoms with van der Waals surface area (Å²) in [6.45, 7) is 4.13. The summed E-state index contributed by atoms with van der Waals surface area (Å²) in [6, 6.07) is 11.3. The van der Waals surface area contributed by atoms with Crippen LogP contribution in [-0.2, 0) is 6.42 Å². The largest absolute Gasteiger partial charge is 0.325 e. The first-order valence-electron chi connectivity index (χ1n) is 11.4. The molecule has 2 aromatic carbocycles. The van der Waals surface area contributed by atoms with Gasteiger partial charge in [0.1, 0.15) is 17.8 Å². The molecule has 4 aromatic rings. The van der Waals surface area contributed by atoms with E-state index < -0.39 is 11.7 Å². The minimum absolute atomic E-state index is 0.00901. The Hall–Kier alpha value is -3.92. The molecular formula is C25H26FN7O2. The SMILES string of the molecule is Cc1nnc2n1C(N(C)C)CN(C(=O)c1cc(Cc3n[nH]c(=O)c4ccccc34)ccc1F)C2C. The van der Waals surface area contributed by atoms with E-state index in [1.54, 1.807) is 29.2 Å².